The van der Waals surface area contributed by atoms with Crippen molar-refractivity contribution >= 4 is 32.9 Å². The van der Waals surface area contributed by atoms with Crippen LogP contribution in [0.25, 0.3) is 10.1 Å². The number of anilines is 1. The van der Waals surface area contributed by atoms with Crippen LogP contribution >= 0.6 is 11.3 Å². The summed E-state index contributed by atoms with van der Waals surface area (Å²) in [7, 11) is 0. The van der Waals surface area contributed by atoms with Gasteiger partial charge in [0.2, 0.25) is 0 Å². The number of nitrogens with one attached hydrogen (secondary N) is 1. The molecule has 0 amide bonds. The Morgan fingerprint density at radius 1 is 1.31 bits per heavy atom. The Hall–Kier alpha value is -1.55. The monoisotopic (exact) mass is 191 g/mol. The molecule has 0 spiro atoms. The molecule has 66 valence electrons. The van der Waals surface area contributed by atoms with Crippen molar-refractivity contribution in [2.75, 3.05) is 5.73 Å². The van der Waals surface area contributed by atoms with Gasteiger partial charge in [-0.2, -0.15) is 0 Å². The van der Waals surface area contributed by atoms with Gasteiger partial charge in [0.1, 0.15) is 5.84 Å². The van der Waals surface area contributed by atoms with Crippen molar-refractivity contribution in [3.05, 3.63) is 29.1 Å². The highest BCUT2D eigenvalue weighted by Crippen LogP contribution is 2.26. The van der Waals surface area contributed by atoms with E-state index in [0.29, 0.717) is 0 Å². The number of rotatable bonds is 1. The van der Waals surface area contributed by atoms with Crippen LogP contribution < -0.4 is 11.5 Å². The van der Waals surface area contributed by atoms with Gasteiger partial charge in [-0.25, -0.2) is 0 Å². The van der Waals surface area contributed by atoms with E-state index in [9.17, 15) is 0 Å². The highest BCUT2D eigenvalue weighted by molar-refractivity contribution is 7.20. The van der Waals surface area contributed by atoms with Gasteiger partial charge in [-0.3, -0.25) is 5.41 Å². The normalized spacial score (nSPS) is 10.5. The van der Waals surface area contributed by atoms with Crippen molar-refractivity contribution < 1.29 is 0 Å². The van der Waals surface area contributed by atoms with E-state index in [-0.39, 0.29) is 5.84 Å². The maximum atomic E-state index is 7.28. The summed E-state index contributed by atoms with van der Waals surface area (Å²) in [5.41, 5.74) is 11.7. The molecule has 0 saturated carbocycles. The maximum Gasteiger partial charge on any atom is 0.133 e. The number of nitrogens with two attached hydrogens (primary N) is 2. The lowest BCUT2D eigenvalue weighted by molar-refractivity contribution is 1.46. The zero-order valence-electron chi connectivity index (χ0n) is 6.87. The Morgan fingerprint density at radius 2 is 2.08 bits per heavy atom. The fourth-order valence-electron chi connectivity index (χ4n) is 1.18. The molecule has 0 unspecified atom stereocenters. The Kier molecular flexibility index (Phi) is 1.70. The minimum atomic E-state index is 0.111. The van der Waals surface area contributed by atoms with Crippen LogP contribution in [0.1, 0.15) is 4.88 Å². The molecule has 0 saturated heterocycles. The first-order chi connectivity index (χ1) is 6.16. The summed E-state index contributed by atoms with van der Waals surface area (Å²) in [5, 5.41) is 8.37. The first-order valence-electron chi connectivity index (χ1n) is 3.80. The zero-order chi connectivity index (χ0) is 9.42. The lowest BCUT2D eigenvalue weighted by atomic mass is 10.2. The summed E-state index contributed by atoms with van der Waals surface area (Å²) < 4.78 is 1.07. The lowest BCUT2D eigenvalue weighted by Crippen LogP contribution is -2.08. The molecule has 0 atom stereocenters. The first-order valence-corrected chi connectivity index (χ1v) is 4.62. The Morgan fingerprint density at radius 3 is 2.77 bits per heavy atom. The van der Waals surface area contributed by atoms with Gasteiger partial charge >= 0.3 is 0 Å². The number of fused-ring (bicyclic) bond motifs is 1. The first kappa shape index (κ1) is 8.07. The largest absolute Gasteiger partial charge is 0.399 e. The molecule has 13 heavy (non-hydrogen) atoms. The van der Waals surface area contributed by atoms with Crippen LogP contribution in [0.3, 0.4) is 0 Å². The molecule has 3 nitrogen and oxygen atoms in total. The molecule has 0 bridgehead atoms. The number of hydrogen-bond donors (Lipinski definition) is 3. The molecule has 2 rings (SSSR count). The Bertz CT molecular complexity index is 473. The summed E-state index contributed by atoms with van der Waals surface area (Å²) in [6.07, 6.45) is 0. The summed E-state index contributed by atoms with van der Waals surface area (Å²) in [5.74, 6) is 0.111. The van der Waals surface area contributed by atoms with Gasteiger partial charge in [0.25, 0.3) is 0 Å². The maximum absolute atomic E-state index is 7.28. The number of benzene rings is 1. The fraction of sp³-hybridized carbons (Fsp3) is 0. The van der Waals surface area contributed by atoms with Crippen LogP contribution in [0.4, 0.5) is 5.69 Å². The third-order valence-corrected chi connectivity index (χ3v) is 2.94. The molecule has 0 radical (unpaired) electrons. The zero-order valence-corrected chi connectivity index (χ0v) is 7.69. The van der Waals surface area contributed by atoms with Crippen molar-refractivity contribution in [1.29, 1.82) is 5.41 Å². The Labute approximate surface area is 79.5 Å². The third kappa shape index (κ3) is 1.36. The molecular formula is C9H9N3S. The molecule has 1 heterocycles. The highest BCUT2D eigenvalue weighted by atomic mass is 32.1. The van der Waals surface area contributed by atoms with Gasteiger partial charge in [0, 0.05) is 10.4 Å². The van der Waals surface area contributed by atoms with Crippen molar-refractivity contribution in [3.63, 3.8) is 0 Å². The molecule has 0 aliphatic rings. The van der Waals surface area contributed by atoms with Crippen molar-refractivity contribution in [2.45, 2.75) is 0 Å². The minimum absolute atomic E-state index is 0.111. The van der Waals surface area contributed by atoms with Gasteiger partial charge in [0.05, 0.1) is 4.88 Å². The van der Waals surface area contributed by atoms with Gasteiger partial charge in [-0.15, -0.1) is 11.3 Å². The van der Waals surface area contributed by atoms with Crippen LogP contribution in [-0.2, 0) is 0 Å². The Balaban J connectivity index is 2.68. The average molecular weight is 191 g/mol. The standard InChI is InChI=1S/C9H9N3S/c10-6-2-1-5-3-8(9(11)12)13-7(5)4-6/h1-4H,10H2,(H3,11,12). The topological polar surface area (TPSA) is 75.9 Å². The van der Waals surface area contributed by atoms with E-state index in [4.69, 9.17) is 16.9 Å². The third-order valence-electron chi connectivity index (χ3n) is 1.81. The van der Waals surface area contributed by atoms with Gasteiger partial charge < -0.3 is 11.5 Å². The molecule has 0 aliphatic carbocycles. The van der Waals surface area contributed by atoms with Crippen LogP contribution in [0.15, 0.2) is 24.3 Å². The van der Waals surface area contributed by atoms with E-state index in [1.807, 2.05) is 24.3 Å². The van der Waals surface area contributed by atoms with Gasteiger partial charge in [0.15, 0.2) is 0 Å². The fourth-order valence-corrected chi connectivity index (χ4v) is 2.15. The predicted octanol–water partition coefficient (Wildman–Crippen LogP) is 1.77. The molecule has 4 heteroatoms. The van der Waals surface area contributed by atoms with Crippen molar-refractivity contribution in [1.82, 2.24) is 0 Å². The van der Waals surface area contributed by atoms with Crippen LogP contribution in [0.5, 0.6) is 0 Å². The quantitative estimate of drug-likeness (QED) is 0.365. The predicted molar refractivity (Wildman–Crippen MR) is 57.3 cm³/mol. The molecular weight excluding hydrogens is 182 g/mol. The lowest BCUT2D eigenvalue weighted by Gasteiger charge is -1.90. The van der Waals surface area contributed by atoms with Gasteiger partial charge in [-0.1, -0.05) is 6.07 Å². The minimum Gasteiger partial charge on any atom is -0.399 e. The second kappa shape index (κ2) is 2.74. The molecule has 2 aromatic rings. The SMILES string of the molecule is N=C(N)c1cc2ccc(N)cc2s1. The van der Waals surface area contributed by atoms with Crippen LogP contribution in [0.2, 0.25) is 0 Å². The van der Waals surface area contributed by atoms with E-state index >= 15 is 0 Å². The molecule has 0 aliphatic heterocycles. The molecule has 1 aromatic carbocycles. The molecule has 1 aromatic heterocycles. The van der Waals surface area contributed by atoms with Gasteiger partial charge in [-0.05, 0) is 23.6 Å². The summed E-state index contributed by atoms with van der Waals surface area (Å²) >= 11 is 1.49. The summed E-state index contributed by atoms with van der Waals surface area (Å²) in [6.45, 7) is 0. The van der Waals surface area contributed by atoms with Crippen molar-refractivity contribution in [3.8, 4) is 0 Å². The molecule has 5 N–H and O–H groups in total. The number of thiophene rings is 1. The van der Waals surface area contributed by atoms with Crippen LogP contribution in [-0.4, -0.2) is 5.84 Å². The smallest absolute Gasteiger partial charge is 0.133 e. The van der Waals surface area contributed by atoms with Crippen molar-refractivity contribution in [2.24, 2.45) is 5.73 Å². The summed E-state index contributed by atoms with van der Waals surface area (Å²) in [4.78, 5) is 0.792. The van der Waals surface area contributed by atoms with Crippen LogP contribution in [0, 0.1) is 5.41 Å². The van der Waals surface area contributed by atoms with E-state index in [1.54, 1.807) is 0 Å². The highest BCUT2D eigenvalue weighted by Gasteiger charge is 2.03. The number of hydrogen-bond acceptors (Lipinski definition) is 3. The summed E-state index contributed by atoms with van der Waals surface area (Å²) in [6, 6.07) is 7.58. The van der Waals surface area contributed by atoms with E-state index < -0.39 is 0 Å². The van der Waals surface area contributed by atoms with E-state index in [1.165, 1.54) is 11.3 Å². The number of amidine groups is 1. The second-order valence-corrected chi connectivity index (χ2v) is 3.91. The average Bonchev–Trinajstić information content (AvgIpc) is 2.46. The van der Waals surface area contributed by atoms with E-state index in [2.05, 4.69) is 0 Å². The number of nitrogen functional groups attached to an aromatic ring is 2. The van der Waals surface area contributed by atoms with E-state index in [0.717, 1.165) is 20.7 Å². The molecule has 0 fully saturated rings. The second-order valence-electron chi connectivity index (χ2n) is 2.82.